The molecule has 7 nitrogen and oxygen atoms in total. The molecule has 0 saturated heterocycles. The van der Waals surface area contributed by atoms with Crippen molar-refractivity contribution in [2.24, 2.45) is 0 Å². The monoisotopic (exact) mass is 266 g/mol. The van der Waals surface area contributed by atoms with E-state index < -0.39 is 4.92 Å². The average Bonchev–Trinajstić information content (AvgIpc) is 2.84. The number of hydrogen-bond donors (Lipinski definition) is 1. The highest BCUT2D eigenvalue weighted by molar-refractivity contribution is 7.15. The second-order valence-electron chi connectivity index (χ2n) is 3.29. The largest absolute Gasteiger partial charge is 0.486 e. The molecule has 0 aliphatic carbocycles. The number of non-ortho nitro benzene ring substituents is 1. The first kappa shape index (κ1) is 12.2. The summed E-state index contributed by atoms with van der Waals surface area (Å²) in [6.45, 7) is 0.237. The van der Waals surface area contributed by atoms with Gasteiger partial charge in [-0.3, -0.25) is 10.1 Å². The van der Waals surface area contributed by atoms with E-state index in [2.05, 4.69) is 15.5 Å². The maximum absolute atomic E-state index is 10.6. The number of benzene rings is 1. The summed E-state index contributed by atoms with van der Waals surface area (Å²) < 4.78 is 5.42. The molecule has 94 valence electrons. The molecule has 8 heteroatoms. The molecule has 0 bridgehead atoms. The lowest BCUT2D eigenvalue weighted by molar-refractivity contribution is -0.384. The number of nitrogens with one attached hydrogen (secondary N) is 1. The van der Waals surface area contributed by atoms with Crippen molar-refractivity contribution in [3.8, 4) is 5.75 Å². The van der Waals surface area contributed by atoms with E-state index in [1.54, 1.807) is 19.2 Å². The van der Waals surface area contributed by atoms with E-state index in [0.717, 1.165) is 0 Å². The first-order valence-corrected chi connectivity index (χ1v) is 5.88. The van der Waals surface area contributed by atoms with Crippen LogP contribution in [0.15, 0.2) is 24.3 Å². The molecule has 0 aliphatic heterocycles. The highest BCUT2D eigenvalue weighted by Crippen LogP contribution is 2.21. The number of nitrogens with zero attached hydrogens (tertiary/aromatic N) is 3. The van der Waals surface area contributed by atoms with Crippen molar-refractivity contribution < 1.29 is 9.66 Å². The quantitative estimate of drug-likeness (QED) is 0.658. The minimum absolute atomic E-state index is 0.000627. The first-order valence-electron chi connectivity index (χ1n) is 5.06. The Bertz CT molecular complexity index is 558. The molecule has 18 heavy (non-hydrogen) atoms. The van der Waals surface area contributed by atoms with Crippen molar-refractivity contribution in [3.63, 3.8) is 0 Å². The van der Waals surface area contributed by atoms with E-state index in [9.17, 15) is 10.1 Å². The summed E-state index contributed by atoms with van der Waals surface area (Å²) in [6, 6.07) is 6.02. The van der Waals surface area contributed by atoms with E-state index >= 15 is 0 Å². The molecule has 1 heterocycles. The second-order valence-corrected chi connectivity index (χ2v) is 4.36. The number of ether oxygens (including phenoxy) is 1. The lowest BCUT2D eigenvalue weighted by atomic mass is 10.3. The second kappa shape index (κ2) is 5.41. The Kier molecular flexibility index (Phi) is 3.68. The summed E-state index contributed by atoms with van der Waals surface area (Å²) >= 11 is 1.37. The lowest BCUT2D eigenvalue weighted by Gasteiger charge is -2.02. The van der Waals surface area contributed by atoms with E-state index in [1.165, 1.54) is 23.5 Å². The van der Waals surface area contributed by atoms with Gasteiger partial charge in [-0.1, -0.05) is 17.4 Å². The SMILES string of the molecule is CNc1nnc(COc2cccc([N+](=O)[O-])c2)s1. The van der Waals surface area contributed by atoms with Crippen LogP contribution in [0.5, 0.6) is 5.75 Å². The van der Waals surface area contributed by atoms with E-state index in [4.69, 9.17) is 4.74 Å². The molecule has 0 radical (unpaired) electrons. The van der Waals surface area contributed by atoms with Crippen LogP contribution in [0.4, 0.5) is 10.8 Å². The van der Waals surface area contributed by atoms with Gasteiger partial charge in [0.15, 0.2) is 5.01 Å². The van der Waals surface area contributed by atoms with Gasteiger partial charge >= 0.3 is 0 Å². The Morgan fingerprint density at radius 3 is 3.00 bits per heavy atom. The molecule has 0 aliphatic rings. The van der Waals surface area contributed by atoms with Gasteiger partial charge in [-0.25, -0.2) is 0 Å². The predicted molar refractivity (Wildman–Crippen MR) is 66.9 cm³/mol. The molecule has 1 N–H and O–H groups in total. The standard InChI is InChI=1S/C10H10N4O3S/c1-11-10-13-12-9(18-10)6-17-8-4-2-3-7(5-8)14(15)16/h2-5H,6H2,1H3,(H,11,13). The normalized spacial score (nSPS) is 10.1. The number of nitro benzene ring substituents is 1. The van der Waals surface area contributed by atoms with Crippen LogP contribution in [0.3, 0.4) is 0 Å². The Morgan fingerprint density at radius 1 is 1.50 bits per heavy atom. The molecular formula is C10H10N4O3S. The smallest absolute Gasteiger partial charge is 0.273 e. The third-order valence-electron chi connectivity index (χ3n) is 2.07. The summed E-state index contributed by atoms with van der Waals surface area (Å²) in [5, 5.41) is 22.6. The first-order chi connectivity index (χ1) is 8.69. The Hall–Kier alpha value is -2.22. The van der Waals surface area contributed by atoms with Crippen LogP contribution in [0.1, 0.15) is 5.01 Å². The number of hydrogen-bond acceptors (Lipinski definition) is 7. The molecule has 2 aromatic rings. The van der Waals surface area contributed by atoms with Gasteiger partial charge in [-0.05, 0) is 6.07 Å². The Morgan fingerprint density at radius 2 is 2.33 bits per heavy atom. The van der Waals surface area contributed by atoms with Crippen LogP contribution in [0.2, 0.25) is 0 Å². The van der Waals surface area contributed by atoms with Crippen molar-refractivity contribution in [1.29, 1.82) is 0 Å². The van der Waals surface area contributed by atoms with E-state index in [1.807, 2.05) is 0 Å². The van der Waals surface area contributed by atoms with Crippen molar-refractivity contribution in [3.05, 3.63) is 39.4 Å². The molecule has 0 amide bonds. The highest BCUT2D eigenvalue weighted by Gasteiger charge is 2.08. The molecule has 1 aromatic carbocycles. The number of nitro groups is 1. The van der Waals surface area contributed by atoms with Gasteiger partial charge in [0, 0.05) is 13.1 Å². The molecule has 1 aromatic heterocycles. The summed E-state index contributed by atoms with van der Waals surface area (Å²) in [4.78, 5) is 10.1. The fourth-order valence-corrected chi connectivity index (χ4v) is 1.85. The van der Waals surface area contributed by atoms with Gasteiger partial charge in [0.25, 0.3) is 5.69 Å². The Balaban J connectivity index is 2.01. The van der Waals surface area contributed by atoms with Gasteiger partial charge in [-0.15, -0.1) is 10.2 Å². The lowest BCUT2D eigenvalue weighted by Crippen LogP contribution is -1.95. The van der Waals surface area contributed by atoms with Crippen molar-refractivity contribution in [2.75, 3.05) is 12.4 Å². The highest BCUT2D eigenvalue weighted by atomic mass is 32.1. The van der Waals surface area contributed by atoms with Crippen LogP contribution in [0.25, 0.3) is 0 Å². The molecule has 0 spiro atoms. The fourth-order valence-electron chi connectivity index (χ4n) is 1.24. The summed E-state index contributed by atoms with van der Waals surface area (Å²) in [5.41, 5.74) is 0.000627. The minimum Gasteiger partial charge on any atom is -0.486 e. The van der Waals surface area contributed by atoms with Crippen molar-refractivity contribution >= 4 is 22.2 Å². The molecule has 0 fully saturated rings. The van der Waals surface area contributed by atoms with Crippen molar-refractivity contribution in [1.82, 2.24) is 10.2 Å². The van der Waals surface area contributed by atoms with Gasteiger partial charge < -0.3 is 10.1 Å². The predicted octanol–water partition coefficient (Wildman–Crippen LogP) is 2.07. The fraction of sp³-hybridized carbons (Fsp3) is 0.200. The third kappa shape index (κ3) is 2.92. The molecular weight excluding hydrogens is 256 g/mol. The van der Waals surface area contributed by atoms with Gasteiger partial charge in [-0.2, -0.15) is 0 Å². The zero-order valence-corrected chi connectivity index (χ0v) is 10.3. The molecule has 0 unspecified atom stereocenters. The van der Waals surface area contributed by atoms with Crippen LogP contribution >= 0.6 is 11.3 Å². The summed E-state index contributed by atoms with van der Waals surface area (Å²) in [7, 11) is 1.76. The number of rotatable bonds is 5. The van der Waals surface area contributed by atoms with Crippen LogP contribution < -0.4 is 10.1 Å². The number of anilines is 1. The minimum atomic E-state index is -0.461. The van der Waals surface area contributed by atoms with E-state index in [-0.39, 0.29) is 12.3 Å². The van der Waals surface area contributed by atoms with Crippen LogP contribution in [0, 0.1) is 10.1 Å². The van der Waals surface area contributed by atoms with Crippen LogP contribution in [-0.4, -0.2) is 22.2 Å². The molecule has 0 atom stereocenters. The topological polar surface area (TPSA) is 90.2 Å². The van der Waals surface area contributed by atoms with Gasteiger partial charge in [0.2, 0.25) is 5.13 Å². The maximum Gasteiger partial charge on any atom is 0.273 e. The third-order valence-corrected chi connectivity index (χ3v) is 2.99. The molecule has 0 saturated carbocycles. The van der Waals surface area contributed by atoms with Gasteiger partial charge in [0.05, 0.1) is 11.0 Å². The molecule has 2 rings (SSSR count). The van der Waals surface area contributed by atoms with Gasteiger partial charge in [0.1, 0.15) is 12.4 Å². The average molecular weight is 266 g/mol. The zero-order chi connectivity index (χ0) is 13.0. The van der Waals surface area contributed by atoms with Crippen LogP contribution in [-0.2, 0) is 6.61 Å². The van der Waals surface area contributed by atoms with E-state index in [0.29, 0.717) is 15.9 Å². The zero-order valence-electron chi connectivity index (χ0n) is 9.49. The summed E-state index contributed by atoms with van der Waals surface area (Å²) in [6.07, 6.45) is 0. The number of aromatic nitrogens is 2. The van der Waals surface area contributed by atoms with Crippen molar-refractivity contribution in [2.45, 2.75) is 6.61 Å². The maximum atomic E-state index is 10.6. The summed E-state index contributed by atoms with van der Waals surface area (Å²) in [5.74, 6) is 0.436. The Labute approximate surface area is 107 Å².